The average Bonchev–Trinajstić information content (AvgIpc) is 2.31. The fraction of sp³-hybridized carbons (Fsp3) is 0.533. The third-order valence-corrected chi connectivity index (χ3v) is 3.36. The molecule has 0 saturated carbocycles. The van der Waals surface area contributed by atoms with Crippen molar-refractivity contribution in [2.24, 2.45) is 5.92 Å². The smallest absolute Gasteiger partial charge is 0.253 e. The quantitative estimate of drug-likeness (QED) is 0.778. The van der Waals surface area contributed by atoms with Crippen molar-refractivity contribution in [2.75, 3.05) is 5.73 Å². The van der Waals surface area contributed by atoms with Crippen LogP contribution in [0.25, 0.3) is 0 Å². The Morgan fingerprint density at radius 3 is 2.63 bits per heavy atom. The van der Waals surface area contributed by atoms with Crippen LogP contribution in [0.5, 0.6) is 0 Å². The van der Waals surface area contributed by atoms with E-state index in [0.717, 1.165) is 12.8 Å². The van der Waals surface area contributed by atoms with Gasteiger partial charge in [0.25, 0.3) is 5.91 Å². The largest absolute Gasteiger partial charge is 0.399 e. The zero-order chi connectivity index (χ0) is 14.4. The molecule has 1 rings (SSSR count). The molecule has 0 aromatic heterocycles. The maximum absolute atomic E-state index is 12.1. The Bertz CT molecular complexity index is 432. The van der Waals surface area contributed by atoms with E-state index in [-0.39, 0.29) is 11.9 Å². The van der Waals surface area contributed by atoms with Crippen molar-refractivity contribution in [3.05, 3.63) is 28.8 Å². The van der Waals surface area contributed by atoms with Crippen LogP contribution >= 0.6 is 11.6 Å². The number of carbonyl (C=O) groups excluding carboxylic acids is 1. The number of hydrogen-bond acceptors (Lipinski definition) is 2. The second kappa shape index (κ2) is 7.39. The SMILES string of the molecule is CC(C)CCCC(C)NC(=O)c1cc(N)ccc1Cl. The number of nitrogen functional groups attached to an aromatic ring is 1. The molecule has 0 bridgehead atoms. The van der Waals surface area contributed by atoms with Crippen molar-refractivity contribution in [1.29, 1.82) is 0 Å². The van der Waals surface area contributed by atoms with Gasteiger partial charge in [-0.15, -0.1) is 0 Å². The molecule has 3 N–H and O–H groups in total. The molecule has 1 aromatic carbocycles. The van der Waals surface area contributed by atoms with Crippen LogP contribution in [-0.4, -0.2) is 11.9 Å². The van der Waals surface area contributed by atoms with Crippen LogP contribution in [0.2, 0.25) is 5.02 Å². The van der Waals surface area contributed by atoms with Crippen molar-refractivity contribution >= 4 is 23.2 Å². The normalized spacial score (nSPS) is 12.5. The Morgan fingerprint density at radius 1 is 1.32 bits per heavy atom. The molecule has 0 radical (unpaired) electrons. The number of benzene rings is 1. The summed E-state index contributed by atoms with van der Waals surface area (Å²) in [5.41, 5.74) is 6.66. The zero-order valence-electron chi connectivity index (χ0n) is 11.9. The third kappa shape index (κ3) is 5.52. The fourth-order valence-corrected chi connectivity index (χ4v) is 2.13. The molecule has 3 nitrogen and oxygen atoms in total. The molecule has 1 amide bonds. The highest BCUT2D eigenvalue weighted by Gasteiger charge is 2.13. The average molecular weight is 283 g/mol. The Balaban J connectivity index is 2.52. The van der Waals surface area contributed by atoms with Gasteiger partial charge in [-0.2, -0.15) is 0 Å². The number of rotatable bonds is 6. The van der Waals surface area contributed by atoms with E-state index >= 15 is 0 Å². The lowest BCUT2D eigenvalue weighted by atomic mass is 10.0. The zero-order valence-corrected chi connectivity index (χ0v) is 12.6. The molecular formula is C15H23ClN2O. The van der Waals surface area contributed by atoms with Crippen LogP contribution in [-0.2, 0) is 0 Å². The summed E-state index contributed by atoms with van der Waals surface area (Å²) in [6.45, 7) is 6.42. The molecule has 0 aliphatic rings. The van der Waals surface area contributed by atoms with E-state index in [1.165, 1.54) is 6.42 Å². The molecule has 0 fully saturated rings. The van der Waals surface area contributed by atoms with Gasteiger partial charge in [-0.3, -0.25) is 4.79 Å². The first kappa shape index (κ1) is 15.8. The predicted molar refractivity (Wildman–Crippen MR) is 81.5 cm³/mol. The lowest BCUT2D eigenvalue weighted by Crippen LogP contribution is -2.32. The van der Waals surface area contributed by atoms with E-state index < -0.39 is 0 Å². The minimum absolute atomic E-state index is 0.142. The van der Waals surface area contributed by atoms with Gasteiger partial charge in [0, 0.05) is 11.7 Å². The van der Waals surface area contributed by atoms with Gasteiger partial charge in [0.2, 0.25) is 0 Å². The van der Waals surface area contributed by atoms with E-state index in [4.69, 9.17) is 17.3 Å². The van der Waals surface area contributed by atoms with Crippen LogP contribution < -0.4 is 11.1 Å². The summed E-state index contributed by atoms with van der Waals surface area (Å²) >= 11 is 6.00. The highest BCUT2D eigenvalue weighted by atomic mass is 35.5. The third-order valence-electron chi connectivity index (χ3n) is 3.03. The molecule has 0 saturated heterocycles. The molecular weight excluding hydrogens is 260 g/mol. The lowest BCUT2D eigenvalue weighted by Gasteiger charge is -2.15. The van der Waals surface area contributed by atoms with Crippen LogP contribution in [0.3, 0.4) is 0 Å². The first-order valence-electron chi connectivity index (χ1n) is 6.76. The fourth-order valence-electron chi connectivity index (χ4n) is 1.92. The number of amides is 1. The molecule has 1 aromatic rings. The minimum Gasteiger partial charge on any atom is -0.399 e. The lowest BCUT2D eigenvalue weighted by molar-refractivity contribution is 0.0938. The van der Waals surface area contributed by atoms with E-state index in [0.29, 0.717) is 22.2 Å². The van der Waals surface area contributed by atoms with E-state index in [1.54, 1.807) is 18.2 Å². The molecule has 0 aliphatic heterocycles. The molecule has 0 spiro atoms. The summed E-state index contributed by atoms with van der Waals surface area (Å²) in [6.07, 6.45) is 3.27. The number of nitrogens with one attached hydrogen (secondary N) is 1. The summed E-state index contributed by atoms with van der Waals surface area (Å²) in [5, 5.41) is 3.39. The summed E-state index contributed by atoms with van der Waals surface area (Å²) in [4.78, 5) is 12.1. The van der Waals surface area contributed by atoms with Gasteiger partial charge in [0.15, 0.2) is 0 Å². The second-order valence-corrected chi connectivity index (χ2v) is 5.85. The first-order valence-corrected chi connectivity index (χ1v) is 7.14. The van der Waals surface area contributed by atoms with Crippen molar-refractivity contribution in [3.8, 4) is 0 Å². The Kier molecular flexibility index (Phi) is 6.16. The summed E-state index contributed by atoms with van der Waals surface area (Å²) in [7, 11) is 0. The molecule has 1 atom stereocenters. The Hall–Kier alpha value is -1.22. The first-order chi connectivity index (χ1) is 8.90. The molecule has 1 unspecified atom stereocenters. The molecule has 106 valence electrons. The monoisotopic (exact) mass is 282 g/mol. The molecule has 19 heavy (non-hydrogen) atoms. The summed E-state index contributed by atoms with van der Waals surface area (Å²) < 4.78 is 0. The topological polar surface area (TPSA) is 55.1 Å². The van der Waals surface area contributed by atoms with Gasteiger partial charge in [-0.05, 0) is 37.5 Å². The van der Waals surface area contributed by atoms with Crippen molar-refractivity contribution < 1.29 is 4.79 Å². The minimum atomic E-state index is -0.158. The summed E-state index contributed by atoms with van der Waals surface area (Å²) in [5.74, 6) is 0.542. The molecule has 0 heterocycles. The van der Waals surface area contributed by atoms with E-state index in [1.807, 2.05) is 6.92 Å². The maximum Gasteiger partial charge on any atom is 0.253 e. The van der Waals surface area contributed by atoms with E-state index in [2.05, 4.69) is 19.2 Å². The standard InChI is InChI=1S/C15H23ClN2O/c1-10(2)5-4-6-11(3)18-15(19)13-9-12(17)7-8-14(13)16/h7-11H,4-6,17H2,1-3H3,(H,18,19). The van der Waals surface area contributed by atoms with Crippen LogP contribution in [0, 0.1) is 5.92 Å². The van der Waals surface area contributed by atoms with Gasteiger partial charge in [-0.1, -0.05) is 38.3 Å². The summed E-state index contributed by atoms with van der Waals surface area (Å²) in [6, 6.07) is 5.09. The van der Waals surface area contributed by atoms with Crippen LogP contribution in [0.15, 0.2) is 18.2 Å². The Morgan fingerprint density at radius 2 is 2.00 bits per heavy atom. The number of carbonyl (C=O) groups is 1. The molecule has 0 aliphatic carbocycles. The molecule has 4 heteroatoms. The van der Waals surface area contributed by atoms with Crippen LogP contribution in [0.1, 0.15) is 50.4 Å². The van der Waals surface area contributed by atoms with Gasteiger partial charge in [0.05, 0.1) is 10.6 Å². The van der Waals surface area contributed by atoms with Crippen molar-refractivity contribution in [1.82, 2.24) is 5.32 Å². The maximum atomic E-state index is 12.1. The highest BCUT2D eigenvalue weighted by molar-refractivity contribution is 6.34. The predicted octanol–water partition coefficient (Wildman–Crippen LogP) is 3.87. The number of hydrogen-bond donors (Lipinski definition) is 2. The number of anilines is 1. The number of nitrogens with two attached hydrogens (primary N) is 1. The Labute approximate surface area is 120 Å². The highest BCUT2D eigenvalue weighted by Crippen LogP contribution is 2.19. The van der Waals surface area contributed by atoms with Crippen molar-refractivity contribution in [3.63, 3.8) is 0 Å². The van der Waals surface area contributed by atoms with Gasteiger partial charge in [-0.25, -0.2) is 0 Å². The second-order valence-electron chi connectivity index (χ2n) is 5.44. The van der Waals surface area contributed by atoms with Gasteiger partial charge < -0.3 is 11.1 Å². The van der Waals surface area contributed by atoms with Gasteiger partial charge >= 0.3 is 0 Å². The van der Waals surface area contributed by atoms with Crippen molar-refractivity contribution in [2.45, 2.75) is 46.1 Å². The van der Waals surface area contributed by atoms with Gasteiger partial charge in [0.1, 0.15) is 0 Å². The number of halogens is 1. The van der Waals surface area contributed by atoms with Crippen LogP contribution in [0.4, 0.5) is 5.69 Å². The van der Waals surface area contributed by atoms with E-state index in [9.17, 15) is 4.79 Å².